The monoisotopic (exact) mass is 356 g/mol. The van der Waals surface area contributed by atoms with Gasteiger partial charge >= 0.3 is 0 Å². The van der Waals surface area contributed by atoms with Crippen LogP contribution in [0.1, 0.15) is 48.7 Å². The molecule has 6 heteroatoms. The van der Waals surface area contributed by atoms with Crippen LogP contribution in [0.2, 0.25) is 0 Å². The Morgan fingerprint density at radius 3 is 2.58 bits per heavy atom. The minimum atomic E-state index is -0.457. The minimum Gasteiger partial charge on any atom is -0.494 e. The molecule has 2 aromatic rings. The van der Waals surface area contributed by atoms with Crippen molar-refractivity contribution in [3.05, 3.63) is 60.1 Å². The van der Waals surface area contributed by atoms with Crippen LogP contribution in [0, 0.1) is 0 Å². The Morgan fingerprint density at radius 1 is 1.08 bits per heavy atom. The van der Waals surface area contributed by atoms with Crippen molar-refractivity contribution in [3.8, 4) is 5.75 Å². The number of unbranched alkanes of at least 4 members (excludes halogenated alkanes) is 3. The molecule has 2 rings (SSSR count). The lowest BCUT2D eigenvalue weighted by Crippen LogP contribution is -2.40. The lowest BCUT2D eigenvalue weighted by Gasteiger charge is -2.08. The highest BCUT2D eigenvalue weighted by atomic mass is 16.5. The van der Waals surface area contributed by atoms with E-state index in [1.807, 2.05) is 0 Å². The zero-order valence-electron chi connectivity index (χ0n) is 14.9. The largest absolute Gasteiger partial charge is 0.494 e. The summed E-state index contributed by atoms with van der Waals surface area (Å²) in [4.78, 5) is 23.7. The van der Waals surface area contributed by atoms with E-state index in [-0.39, 0.29) is 0 Å². The topological polar surface area (TPSA) is 80.6 Å². The second kappa shape index (κ2) is 10.8. The fourth-order valence-corrected chi connectivity index (χ4v) is 2.20. The molecule has 26 heavy (non-hydrogen) atoms. The van der Waals surface area contributed by atoms with Crippen molar-refractivity contribution in [2.24, 2.45) is 0 Å². The van der Waals surface area contributed by atoms with Crippen LogP contribution in [0.4, 0.5) is 0 Å². The Kier molecular flexibility index (Phi) is 7.99. The Balaban J connectivity index is 1.72. The number of hydrogen-bond donors (Lipinski definition) is 2. The van der Waals surface area contributed by atoms with Crippen molar-refractivity contribution in [3.63, 3.8) is 0 Å². The molecular weight excluding hydrogens is 332 g/mol. The highest BCUT2D eigenvalue weighted by Gasteiger charge is 2.06. The van der Waals surface area contributed by atoms with Crippen LogP contribution < -0.4 is 15.6 Å². The van der Waals surface area contributed by atoms with E-state index in [1.54, 1.807) is 36.4 Å². The molecule has 0 spiro atoms. The maximum absolute atomic E-state index is 12.0. The van der Waals surface area contributed by atoms with Crippen LogP contribution >= 0.6 is 0 Å². The predicted molar refractivity (Wildman–Crippen MR) is 99.4 cm³/mol. The van der Waals surface area contributed by atoms with E-state index in [4.69, 9.17) is 9.15 Å². The number of carbonyl (C=O) groups excluding carboxylic acids is 2. The van der Waals surface area contributed by atoms with Crippen LogP contribution in [0.3, 0.4) is 0 Å². The van der Waals surface area contributed by atoms with Gasteiger partial charge in [0, 0.05) is 11.6 Å². The van der Waals surface area contributed by atoms with Crippen LogP contribution in [-0.2, 0) is 4.79 Å². The zero-order chi connectivity index (χ0) is 18.6. The van der Waals surface area contributed by atoms with E-state index in [0.29, 0.717) is 17.9 Å². The van der Waals surface area contributed by atoms with Crippen molar-refractivity contribution < 1.29 is 18.7 Å². The first-order valence-corrected chi connectivity index (χ1v) is 8.74. The number of rotatable bonds is 9. The predicted octanol–water partition coefficient (Wildman–Crippen LogP) is 3.71. The maximum atomic E-state index is 12.0. The first-order chi connectivity index (χ1) is 12.7. The molecule has 2 amide bonds. The molecule has 0 atom stereocenters. The summed E-state index contributed by atoms with van der Waals surface area (Å²) in [5.41, 5.74) is 5.10. The first kappa shape index (κ1) is 19.3. The van der Waals surface area contributed by atoms with Gasteiger partial charge in [-0.2, -0.15) is 0 Å². The molecule has 1 aromatic carbocycles. The number of hydrazine groups is 1. The van der Waals surface area contributed by atoms with E-state index in [1.165, 1.54) is 31.3 Å². The molecule has 0 bridgehead atoms. The standard InChI is InChI=1S/C20H24N2O4/c1-2-3-4-5-14-25-18-10-8-16(9-11-18)20(24)22-21-19(23)13-12-17-7-6-15-26-17/h6-13,15H,2-5,14H2,1H3,(H,21,23)(H,22,24)/b13-12+. The molecule has 2 N–H and O–H groups in total. The van der Waals surface area contributed by atoms with E-state index >= 15 is 0 Å². The molecular formula is C20H24N2O4. The molecule has 1 heterocycles. The average Bonchev–Trinajstić information content (AvgIpc) is 3.18. The molecule has 0 aliphatic rings. The fourth-order valence-electron chi connectivity index (χ4n) is 2.20. The summed E-state index contributed by atoms with van der Waals surface area (Å²) in [5, 5.41) is 0. The van der Waals surface area contributed by atoms with Crippen LogP contribution in [-0.4, -0.2) is 18.4 Å². The summed E-state index contributed by atoms with van der Waals surface area (Å²) in [7, 11) is 0. The number of ether oxygens (including phenoxy) is 1. The van der Waals surface area contributed by atoms with Gasteiger partial charge in [0.1, 0.15) is 11.5 Å². The Hall–Kier alpha value is -3.02. The summed E-state index contributed by atoms with van der Waals surface area (Å²) in [6.07, 6.45) is 8.88. The van der Waals surface area contributed by atoms with Crippen LogP contribution in [0.25, 0.3) is 6.08 Å². The van der Waals surface area contributed by atoms with E-state index in [0.717, 1.165) is 18.6 Å². The van der Waals surface area contributed by atoms with Gasteiger partial charge in [-0.3, -0.25) is 20.4 Å². The molecule has 0 aliphatic heterocycles. The average molecular weight is 356 g/mol. The molecule has 0 radical (unpaired) electrons. The van der Waals surface area contributed by atoms with Gasteiger partial charge < -0.3 is 9.15 Å². The summed E-state index contributed by atoms with van der Waals surface area (Å²) < 4.78 is 10.7. The van der Waals surface area contributed by atoms with Crippen molar-refractivity contribution in [1.82, 2.24) is 10.9 Å². The van der Waals surface area contributed by atoms with Crippen LogP contribution in [0.5, 0.6) is 5.75 Å². The van der Waals surface area contributed by atoms with Crippen molar-refractivity contribution in [2.75, 3.05) is 6.61 Å². The molecule has 0 aliphatic carbocycles. The summed E-state index contributed by atoms with van der Waals surface area (Å²) >= 11 is 0. The molecule has 1 aromatic heterocycles. The van der Waals surface area contributed by atoms with Gasteiger partial charge in [0.05, 0.1) is 12.9 Å². The second-order valence-corrected chi connectivity index (χ2v) is 5.73. The molecule has 0 saturated heterocycles. The van der Waals surface area contributed by atoms with Gasteiger partial charge in [-0.1, -0.05) is 26.2 Å². The zero-order valence-corrected chi connectivity index (χ0v) is 14.9. The highest BCUT2D eigenvalue weighted by molar-refractivity contribution is 5.97. The lowest BCUT2D eigenvalue weighted by molar-refractivity contribution is -0.117. The molecule has 0 saturated carbocycles. The number of benzene rings is 1. The van der Waals surface area contributed by atoms with Gasteiger partial charge in [0.15, 0.2) is 0 Å². The maximum Gasteiger partial charge on any atom is 0.269 e. The van der Waals surface area contributed by atoms with Gasteiger partial charge in [0.2, 0.25) is 0 Å². The van der Waals surface area contributed by atoms with Crippen molar-refractivity contribution in [1.29, 1.82) is 0 Å². The van der Waals surface area contributed by atoms with Crippen molar-refractivity contribution in [2.45, 2.75) is 32.6 Å². The third kappa shape index (κ3) is 6.84. The SMILES string of the molecule is CCCCCCOc1ccc(C(=O)NNC(=O)/C=C/c2ccco2)cc1. The molecule has 0 unspecified atom stereocenters. The summed E-state index contributed by atoms with van der Waals surface area (Å²) in [6.45, 7) is 2.84. The lowest BCUT2D eigenvalue weighted by atomic mass is 10.2. The van der Waals surface area contributed by atoms with Crippen molar-refractivity contribution >= 4 is 17.9 Å². The highest BCUT2D eigenvalue weighted by Crippen LogP contribution is 2.13. The van der Waals surface area contributed by atoms with E-state index < -0.39 is 11.8 Å². The number of nitrogens with one attached hydrogen (secondary N) is 2. The van der Waals surface area contributed by atoms with E-state index in [2.05, 4.69) is 17.8 Å². The van der Waals surface area contributed by atoms with Crippen LogP contribution in [0.15, 0.2) is 53.2 Å². The third-order valence-corrected chi connectivity index (χ3v) is 3.62. The molecule has 6 nitrogen and oxygen atoms in total. The Bertz CT molecular complexity index is 706. The number of furan rings is 1. The Labute approximate surface area is 153 Å². The Morgan fingerprint density at radius 2 is 1.88 bits per heavy atom. The van der Waals surface area contributed by atoms with E-state index in [9.17, 15) is 9.59 Å². The first-order valence-electron chi connectivity index (χ1n) is 8.74. The normalized spacial score (nSPS) is 10.7. The second-order valence-electron chi connectivity index (χ2n) is 5.73. The van der Waals surface area contributed by atoms with Gasteiger partial charge in [0.25, 0.3) is 11.8 Å². The fraction of sp³-hybridized carbons (Fsp3) is 0.300. The number of hydrogen-bond acceptors (Lipinski definition) is 4. The van der Waals surface area contributed by atoms with Gasteiger partial charge in [-0.25, -0.2) is 0 Å². The minimum absolute atomic E-state index is 0.403. The summed E-state index contributed by atoms with van der Waals surface area (Å²) in [5.74, 6) is 0.418. The number of carbonyl (C=O) groups is 2. The number of amides is 2. The smallest absolute Gasteiger partial charge is 0.269 e. The van der Waals surface area contributed by atoms with Gasteiger partial charge in [-0.05, 0) is 48.9 Å². The summed E-state index contributed by atoms with van der Waals surface area (Å²) in [6, 6.07) is 10.2. The molecule has 138 valence electrons. The quantitative estimate of drug-likeness (QED) is 0.408. The molecule has 0 fully saturated rings. The van der Waals surface area contributed by atoms with Gasteiger partial charge in [-0.15, -0.1) is 0 Å². The third-order valence-electron chi connectivity index (χ3n) is 3.62.